The lowest BCUT2D eigenvalue weighted by atomic mass is 10.0. The van der Waals surface area contributed by atoms with Crippen LogP contribution >= 0.6 is 0 Å². The lowest BCUT2D eigenvalue weighted by molar-refractivity contribution is -0.136. The van der Waals surface area contributed by atoms with E-state index in [1.54, 1.807) is 42.6 Å². The molecule has 1 aliphatic heterocycles. The SMILES string of the molecule is CCCC[C@H](NC(C)=O)C(=O)N[C@H]1CC(=O)NCCCC[C@@H](C(N)=O)NC(=O)[C@H](C)NC(=O)[C@H](Cc2c[nH]c3ccccc23)NC(=O)[C@H](CCCN=C(N)N)NC(=O)[C@@H](Cc2ccccc2)NC(=O)[C@H](Cc2cnc[nH]2)NC1=O. The van der Waals surface area contributed by atoms with Gasteiger partial charge in [0.15, 0.2) is 5.96 Å². The Hall–Kier alpha value is -8.84. The number of hydrogen-bond donors (Lipinski definition) is 14. The minimum Gasteiger partial charge on any atom is -0.370 e. The Kier molecular flexibility index (Phi) is 23.8. The molecule has 1 fully saturated rings. The lowest BCUT2D eigenvalue weighted by Gasteiger charge is -2.28. The van der Waals surface area contributed by atoms with Gasteiger partial charge in [-0.3, -0.25) is 52.9 Å². The zero-order chi connectivity index (χ0) is 57.4. The van der Waals surface area contributed by atoms with Crippen LogP contribution in [-0.4, -0.2) is 141 Å². The van der Waals surface area contributed by atoms with Crippen molar-refractivity contribution in [3.05, 3.63) is 90.1 Å². The smallest absolute Gasteiger partial charge is 0.243 e. The number of unbranched alkanes of at least 4 members (excludes halogenated alkanes) is 1. The summed E-state index contributed by atoms with van der Waals surface area (Å²) in [5, 5.41) is 24.8. The number of carbonyl (C=O) groups excluding carboxylic acids is 10. The molecule has 0 radical (unpaired) electrons. The molecule has 1 aliphatic rings. The molecule has 2 aromatic heterocycles. The number of hydrogen-bond acceptors (Lipinski definition) is 12. The van der Waals surface area contributed by atoms with Crippen molar-refractivity contribution in [1.82, 2.24) is 62.8 Å². The molecule has 0 spiro atoms. The number of amides is 10. The summed E-state index contributed by atoms with van der Waals surface area (Å²) in [6.07, 6.45) is 5.38. The Balaban J connectivity index is 1.56. The van der Waals surface area contributed by atoms with Crippen molar-refractivity contribution in [2.45, 2.75) is 146 Å². The average molecular weight is 1100 g/mol. The predicted octanol–water partition coefficient (Wildman–Crippen LogP) is -1.74. The van der Waals surface area contributed by atoms with Crippen LogP contribution < -0.4 is 65.1 Å². The summed E-state index contributed by atoms with van der Waals surface area (Å²) < 4.78 is 0. The molecule has 0 unspecified atom stereocenters. The fraction of sp³-hybridized carbons (Fsp3) is 0.472. The maximum Gasteiger partial charge on any atom is 0.243 e. The number of para-hydroxylation sites is 1. The Bertz CT molecular complexity index is 2760. The number of rotatable bonds is 17. The third kappa shape index (κ3) is 19.9. The molecule has 79 heavy (non-hydrogen) atoms. The van der Waals surface area contributed by atoms with Crippen molar-refractivity contribution >= 4 is 75.9 Å². The highest BCUT2D eigenvalue weighted by atomic mass is 16.2. The Labute approximate surface area is 456 Å². The van der Waals surface area contributed by atoms with Crippen LogP contribution in [0.15, 0.2) is 78.3 Å². The third-order valence-corrected chi connectivity index (χ3v) is 13.1. The summed E-state index contributed by atoms with van der Waals surface area (Å²) in [6, 6.07) is 5.07. The van der Waals surface area contributed by atoms with Crippen LogP contribution in [0, 0.1) is 0 Å². The highest BCUT2D eigenvalue weighted by Crippen LogP contribution is 2.20. The van der Waals surface area contributed by atoms with Crippen molar-refractivity contribution in [1.29, 1.82) is 0 Å². The number of primary amides is 1. The van der Waals surface area contributed by atoms with Gasteiger partial charge in [-0.15, -0.1) is 0 Å². The number of nitrogens with one attached hydrogen (secondary N) is 11. The van der Waals surface area contributed by atoms with E-state index >= 15 is 0 Å². The van der Waals surface area contributed by atoms with Gasteiger partial charge in [-0.2, -0.15) is 0 Å². The first-order valence-electron chi connectivity index (χ1n) is 26.4. The van der Waals surface area contributed by atoms with Gasteiger partial charge in [0.1, 0.15) is 48.3 Å². The van der Waals surface area contributed by atoms with E-state index in [9.17, 15) is 47.9 Å². The monoisotopic (exact) mass is 1090 g/mol. The van der Waals surface area contributed by atoms with Crippen LogP contribution in [0.4, 0.5) is 0 Å². The molecule has 26 heteroatoms. The standard InChI is InChI=1S/C53H74N16O10/c1-4-5-17-38(63-31(3)70)47(74)69-43-26-44(71)58-21-12-11-19-37(45(54)72)64-46(73)30(2)62-49(76)41(24-33-27-60-36-18-10-9-16-35(33)36)67-48(75)39(20-13-22-59-53(55)56)65-50(77)40(23-32-14-7-6-8-15-32)66-51(78)42(68-52(43)79)25-34-28-57-29-61-34/h6-10,14-16,18,27-30,37-43,60H,4-5,11-13,17,19-26H2,1-3H3,(H2,54,72)(H,57,61)(H,58,71)(H,62,76)(H,63,70)(H,64,73)(H,65,77)(H,66,78)(H,67,75)(H,68,79)(H,69,74)(H4,55,56,59)/t30-,37-,38-,39-,40+,41-,42-,43-/m0/s1. The maximum absolute atomic E-state index is 14.8. The van der Waals surface area contributed by atoms with E-state index in [1.807, 2.05) is 25.1 Å². The topological polar surface area (TPSA) is 414 Å². The van der Waals surface area contributed by atoms with Crippen molar-refractivity contribution in [2.24, 2.45) is 22.2 Å². The van der Waals surface area contributed by atoms with E-state index in [-0.39, 0.29) is 76.8 Å². The number of nitrogens with zero attached hydrogens (tertiary/aromatic N) is 2. The molecule has 0 bridgehead atoms. The summed E-state index contributed by atoms with van der Waals surface area (Å²) in [6.45, 7) is 4.57. The fourth-order valence-electron chi connectivity index (χ4n) is 8.80. The molecular weight excluding hydrogens is 1020 g/mol. The normalized spacial score (nSPS) is 22.1. The molecular formula is C53H74N16O10. The summed E-state index contributed by atoms with van der Waals surface area (Å²) in [4.78, 5) is 153. The van der Waals surface area contributed by atoms with Crippen LogP contribution in [0.25, 0.3) is 10.9 Å². The van der Waals surface area contributed by atoms with Crippen LogP contribution in [0.1, 0.15) is 95.4 Å². The van der Waals surface area contributed by atoms with Gasteiger partial charge in [-0.05, 0) is 62.6 Å². The highest BCUT2D eigenvalue weighted by Gasteiger charge is 2.35. The second kappa shape index (κ2) is 30.8. The number of carbonyl (C=O) groups is 10. The molecule has 0 saturated carbocycles. The van der Waals surface area contributed by atoms with Crippen LogP contribution in [0.5, 0.6) is 0 Å². The van der Waals surface area contributed by atoms with Gasteiger partial charge in [0, 0.05) is 68.3 Å². The summed E-state index contributed by atoms with van der Waals surface area (Å²) in [7, 11) is 0. The van der Waals surface area contributed by atoms with Crippen molar-refractivity contribution in [3.63, 3.8) is 0 Å². The number of benzene rings is 2. The number of guanidine groups is 1. The number of H-pyrrole nitrogens is 2. The van der Waals surface area contributed by atoms with Gasteiger partial charge in [-0.1, -0.05) is 68.3 Å². The average Bonchev–Trinajstić information content (AvgIpc) is 4.10. The molecule has 5 rings (SSSR count). The van der Waals surface area contributed by atoms with Gasteiger partial charge in [-0.25, -0.2) is 4.98 Å². The molecule has 2 aromatic carbocycles. The van der Waals surface area contributed by atoms with Crippen LogP contribution in [0.3, 0.4) is 0 Å². The van der Waals surface area contributed by atoms with E-state index in [1.165, 1.54) is 26.4 Å². The molecule has 26 nitrogen and oxygen atoms in total. The largest absolute Gasteiger partial charge is 0.370 e. The van der Waals surface area contributed by atoms with Gasteiger partial charge < -0.3 is 75.0 Å². The number of nitrogens with two attached hydrogens (primary N) is 3. The van der Waals surface area contributed by atoms with E-state index < -0.39 is 114 Å². The maximum atomic E-state index is 14.8. The Morgan fingerprint density at radius 2 is 1.38 bits per heavy atom. The summed E-state index contributed by atoms with van der Waals surface area (Å²) >= 11 is 0. The Morgan fingerprint density at radius 3 is 2.05 bits per heavy atom. The van der Waals surface area contributed by atoms with Gasteiger partial charge >= 0.3 is 0 Å². The van der Waals surface area contributed by atoms with Crippen molar-refractivity contribution in [3.8, 4) is 0 Å². The number of aromatic nitrogens is 3. The van der Waals surface area contributed by atoms with Gasteiger partial charge in [0.2, 0.25) is 59.1 Å². The fourth-order valence-corrected chi connectivity index (χ4v) is 8.80. The summed E-state index contributed by atoms with van der Waals surface area (Å²) in [5.41, 5.74) is 19.2. The quantitative estimate of drug-likeness (QED) is 0.0318. The lowest BCUT2D eigenvalue weighted by Crippen LogP contribution is -2.61. The van der Waals surface area contributed by atoms with E-state index in [0.717, 1.165) is 10.9 Å². The minimum absolute atomic E-state index is 0.0222. The number of imidazole rings is 1. The van der Waals surface area contributed by atoms with Gasteiger partial charge in [0.05, 0.1) is 12.7 Å². The van der Waals surface area contributed by atoms with E-state index in [0.29, 0.717) is 29.7 Å². The van der Waals surface area contributed by atoms with Gasteiger partial charge in [0.25, 0.3) is 0 Å². The molecule has 4 aromatic rings. The molecule has 8 atom stereocenters. The predicted molar refractivity (Wildman–Crippen MR) is 291 cm³/mol. The second-order valence-electron chi connectivity index (χ2n) is 19.4. The third-order valence-electron chi connectivity index (χ3n) is 13.1. The van der Waals surface area contributed by atoms with Crippen molar-refractivity contribution < 1.29 is 47.9 Å². The van der Waals surface area contributed by atoms with Crippen LogP contribution in [-0.2, 0) is 67.2 Å². The first-order valence-corrected chi connectivity index (χ1v) is 26.4. The molecule has 1 saturated heterocycles. The Morgan fingerprint density at radius 1 is 0.734 bits per heavy atom. The van der Waals surface area contributed by atoms with E-state index in [4.69, 9.17) is 17.2 Å². The summed E-state index contributed by atoms with van der Waals surface area (Å²) in [5.74, 6) is -8.13. The highest BCUT2D eigenvalue weighted by molar-refractivity contribution is 5.99. The molecule has 426 valence electrons. The molecule has 17 N–H and O–H groups in total. The van der Waals surface area contributed by atoms with E-state index in [2.05, 4.69) is 67.8 Å². The van der Waals surface area contributed by atoms with Crippen LogP contribution in [0.2, 0.25) is 0 Å². The molecule has 10 amide bonds. The molecule has 0 aliphatic carbocycles. The minimum atomic E-state index is -1.61. The number of aliphatic imine (C=N–C) groups is 1. The van der Waals surface area contributed by atoms with Crippen molar-refractivity contribution in [2.75, 3.05) is 13.1 Å². The zero-order valence-corrected chi connectivity index (χ0v) is 44.7. The number of aromatic amines is 2. The first kappa shape index (κ1) is 61.0. The zero-order valence-electron chi connectivity index (χ0n) is 44.7. The molecule has 3 heterocycles. The first-order chi connectivity index (χ1) is 37.8. The second-order valence-corrected chi connectivity index (χ2v) is 19.4. The number of fused-ring (bicyclic) bond motifs is 1.